The second-order valence-electron chi connectivity index (χ2n) is 5.74. The van der Waals surface area contributed by atoms with Crippen LogP contribution in [0.15, 0.2) is 24.3 Å². The highest BCUT2D eigenvalue weighted by Gasteiger charge is 2.18. The lowest BCUT2D eigenvalue weighted by atomic mass is 10.1. The fourth-order valence-corrected chi connectivity index (χ4v) is 1.87. The van der Waals surface area contributed by atoms with E-state index in [1.165, 1.54) is 0 Å². The number of carbonyl (C=O) groups excluding carboxylic acids is 1. The SMILES string of the molecule is COc1ccc(NC(=O)OC(C)(C)C)c(-c2cc(N)n[nH]2)c1. The van der Waals surface area contributed by atoms with Crippen molar-refractivity contribution in [2.45, 2.75) is 26.4 Å². The number of anilines is 2. The third kappa shape index (κ3) is 3.91. The van der Waals surface area contributed by atoms with Crippen LogP contribution in [0.5, 0.6) is 5.75 Å². The van der Waals surface area contributed by atoms with Crippen LogP contribution in [-0.4, -0.2) is 29.0 Å². The minimum absolute atomic E-state index is 0.362. The number of nitrogens with two attached hydrogens (primary N) is 1. The maximum absolute atomic E-state index is 12.0. The van der Waals surface area contributed by atoms with Crippen molar-refractivity contribution >= 4 is 17.6 Å². The molecule has 7 nitrogen and oxygen atoms in total. The van der Waals surface area contributed by atoms with Crippen molar-refractivity contribution in [3.05, 3.63) is 24.3 Å². The van der Waals surface area contributed by atoms with Gasteiger partial charge in [0.15, 0.2) is 0 Å². The summed E-state index contributed by atoms with van der Waals surface area (Å²) in [6, 6.07) is 6.93. The normalized spacial score (nSPS) is 11.1. The molecule has 0 saturated heterocycles. The molecule has 0 spiro atoms. The molecule has 0 saturated carbocycles. The van der Waals surface area contributed by atoms with Crippen molar-refractivity contribution in [3.8, 4) is 17.0 Å². The molecule has 22 heavy (non-hydrogen) atoms. The molecule has 0 aliphatic rings. The van der Waals surface area contributed by atoms with Crippen LogP contribution in [0.1, 0.15) is 20.8 Å². The summed E-state index contributed by atoms with van der Waals surface area (Å²) in [5.74, 6) is 1.01. The van der Waals surface area contributed by atoms with Gasteiger partial charge in [0.1, 0.15) is 17.2 Å². The first-order valence-corrected chi connectivity index (χ1v) is 6.78. The summed E-state index contributed by atoms with van der Waals surface area (Å²) in [5.41, 5.74) is 7.00. The molecule has 0 aliphatic carbocycles. The summed E-state index contributed by atoms with van der Waals surface area (Å²) >= 11 is 0. The number of hydrogen-bond donors (Lipinski definition) is 3. The van der Waals surface area contributed by atoms with Crippen molar-refractivity contribution in [3.63, 3.8) is 0 Å². The summed E-state index contributed by atoms with van der Waals surface area (Å²) in [5, 5.41) is 9.43. The van der Waals surface area contributed by atoms with E-state index in [4.69, 9.17) is 15.2 Å². The van der Waals surface area contributed by atoms with Gasteiger partial charge in [-0.15, -0.1) is 0 Å². The number of carbonyl (C=O) groups is 1. The Balaban J connectivity index is 2.33. The van der Waals surface area contributed by atoms with Crippen molar-refractivity contribution in [1.82, 2.24) is 10.2 Å². The quantitative estimate of drug-likeness (QED) is 0.809. The maximum Gasteiger partial charge on any atom is 0.412 e. The average Bonchev–Trinajstić information content (AvgIpc) is 2.83. The van der Waals surface area contributed by atoms with E-state index in [0.717, 1.165) is 0 Å². The number of methoxy groups -OCH3 is 1. The number of ether oxygens (including phenoxy) is 2. The van der Waals surface area contributed by atoms with E-state index < -0.39 is 11.7 Å². The predicted octanol–water partition coefficient (Wildman–Crippen LogP) is 3.01. The molecule has 0 atom stereocenters. The van der Waals surface area contributed by atoms with E-state index in [0.29, 0.717) is 28.5 Å². The molecule has 1 aromatic heterocycles. The van der Waals surface area contributed by atoms with Crippen molar-refractivity contribution in [2.24, 2.45) is 0 Å². The Labute approximate surface area is 128 Å². The van der Waals surface area contributed by atoms with Gasteiger partial charge in [-0.3, -0.25) is 10.4 Å². The molecule has 118 valence electrons. The lowest BCUT2D eigenvalue weighted by Crippen LogP contribution is -2.27. The Morgan fingerprint density at radius 3 is 2.59 bits per heavy atom. The molecule has 2 aromatic rings. The van der Waals surface area contributed by atoms with Crippen LogP contribution >= 0.6 is 0 Å². The molecular formula is C15H20N4O3. The Morgan fingerprint density at radius 2 is 2.05 bits per heavy atom. The van der Waals surface area contributed by atoms with Gasteiger partial charge in [0, 0.05) is 11.6 Å². The molecule has 1 amide bonds. The van der Waals surface area contributed by atoms with E-state index >= 15 is 0 Å². The predicted molar refractivity (Wildman–Crippen MR) is 84.8 cm³/mol. The standard InChI is InChI=1S/C15H20N4O3/c1-15(2,3)22-14(20)17-11-6-5-9(21-4)7-10(11)12-8-13(16)19-18-12/h5-8H,1-4H3,(H,17,20)(H3,16,18,19). The van der Waals surface area contributed by atoms with Gasteiger partial charge in [0.05, 0.1) is 18.5 Å². The smallest absolute Gasteiger partial charge is 0.412 e. The van der Waals surface area contributed by atoms with E-state index in [1.54, 1.807) is 52.1 Å². The van der Waals surface area contributed by atoms with Gasteiger partial charge >= 0.3 is 6.09 Å². The zero-order valence-corrected chi connectivity index (χ0v) is 13.1. The Hall–Kier alpha value is -2.70. The fraction of sp³-hybridized carbons (Fsp3) is 0.333. The molecule has 1 heterocycles. The lowest BCUT2D eigenvalue weighted by Gasteiger charge is -2.20. The third-order valence-electron chi connectivity index (χ3n) is 2.75. The van der Waals surface area contributed by atoms with Crippen molar-refractivity contribution in [1.29, 1.82) is 0 Å². The summed E-state index contributed by atoms with van der Waals surface area (Å²) in [6.07, 6.45) is -0.536. The molecule has 0 aliphatic heterocycles. The highest BCUT2D eigenvalue weighted by Crippen LogP contribution is 2.31. The van der Waals surface area contributed by atoms with Crippen molar-refractivity contribution < 1.29 is 14.3 Å². The molecule has 0 radical (unpaired) electrons. The first kappa shape index (κ1) is 15.7. The molecule has 1 aromatic carbocycles. The fourth-order valence-electron chi connectivity index (χ4n) is 1.87. The van der Waals surface area contributed by atoms with Gasteiger partial charge in [-0.05, 0) is 39.0 Å². The van der Waals surface area contributed by atoms with Crippen LogP contribution in [0.3, 0.4) is 0 Å². The summed E-state index contributed by atoms with van der Waals surface area (Å²) in [4.78, 5) is 12.0. The number of rotatable bonds is 3. The number of aromatic amines is 1. The van der Waals surface area contributed by atoms with Crippen LogP contribution in [-0.2, 0) is 4.74 Å². The minimum atomic E-state index is -0.574. The monoisotopic (exact) mass is 304 g/mol. The van der Waals surface area contributed by atoms with Gasteiger partial charge in [0.25, 0.3) is 0 Å². The maximum atomic E-state index is 12.0. The van der Waals surface area contributed by atoms with Gasteiger partial charge in [-0.2, -0.15) is 5.10 Å². The highest BCUT2D eigenvalue weighted by molar-refractivity contribution is 5.91. The van der Waals surface area contributed by atoms with Crippen LogP contribution in [0.2, 0.25) is 0 Å². The number of aromatic nitrogens is 2. The second kappa shape index (κ2) is 5.97. The van der Waals surface area contributed by atoms with E-state index in [2.05, 4.69) is 15.5 Å². The number of amides is 1. The molecule has 0 fully saturated rings. The second-order valence-corrected chi connectivity index (χ2v) is 5.74. The van der Waals surface area contributed by atoms with Crippen LogP contribution in [0, 0.1) is 0 Å². The Bertz CT molecular complexity index is 674. The summed E-state index contributed by atoms with van der Waals surface area (Å²) in [7, 11) is 1.57. The Morgan fingerprint density at radius 1 is 1.32 bits per heavy atom. The van der Waals surface area contributed by atoms with E-state index in [1.807, 2.05) is 0 Å². The Kier molecular flexibility index (Phi) is 4.25. The van der Waals surface area contributed by atoms with Crippen LogP contribution < -0.4 is 15.8 Å². The van der Waals surface area contributed by atoms with Gasteiger partial charge in [-0.1, -0.05) is 0 Å². The average molecular weight is 304 g/mol. The summed E-state index contributed by atoms with van der Waals surface area (Å²) in [6.45, 7) is 5.41. The molecule has 7 heteroatoms. The van der Waals surface area contributed by atoms with Crippen LogP contribution in [0.4, 0.5) is 16.3 Å². The third-order valence-corrected chi connectivity index (χ3v) is 2.75. The number of hydrogen-bond acceptors (Lipinski definition) is 5. The number of H-pyrrole nitrogens is 1. The largest absolute Gasteiger partial charge is 0.497 e. The lowest BCUT2D eigenvalue weighted by molar-refractivity contribution is 0.0636. The highest BCUT2D eigenvalue weighted by atomic mass is 16.6. The molecule has 2 rings (SSSR count). The first-order chi connectivity index (χ1) is 10.3. The minimum Gasteiger partial charge on any atom is -0.497 e. The van der Waals surface area contributed by atoms with Gasteiger partial charge in [-0.25, -0.2) is 4.79 Å². The van der Waals surface area contributed by atoms with E-state index in [9.17, 15) is 4.79 Å². The number of nitrogen functional groups attached to an aromatic ring is 1. The topological polar surface area (TPSA) is 102 Å². The summed E-state index contributed by atoms with van der Waals surface area (Å²) < 4.78 is 10.5. The number of nitrogens with zero attached hydrogens (tertiary/aromatic N) is 1. The van der Waals surface area contributed by atoms with Gasteiger partial charge in [0.2, 0.25) is 0 Å². The molecular weight excluding hydrogens is 284 g/mol. The number of nitrogens with one attached hydrogen (secondary N) is 2. The number of benzene rings is 1. The van der Waals surface area contributed by atoms with E-state index in [-0.39, 0.29) is 0 Å². The van der Waals surface area contributed by atoms with Gasteiger partial charge < -0.3 is 15.2 Å². The molecule has 0 unspecified atom stereocenters. The molecule has 4 N–H and O–H groups in total. The first-order valence-electron chi connectivity index (χ1n) is 6.78. The molecule has 0 bridgehead atoms. The van der Waals surface area contributed by atoms with Crippen molar-refractivity contribution in [2.75, 3.05) is 18.2 Å². The zero-order chi connectivity index (χ0) is 16.3. The van der Waals surface area contributed by atoms with Crippen LogP contribution in [0.25, 0.3) is 11.3 Å². The zero-order valence-electron chi connectivity index (χ0n) is 13.1.